The molecule has 3 heteroatoms. The Bertz CT molecular complexity index is 414. The van der Waals surface area contributed by atoms with E-state index in [1.165, 1.54) is 12.8 Å². The van der Waals surface area contributed by atoms with E-state index in [9.17, 15) is 4.79 Å². The van der Waals surface area contributed by atoms with Crippen molar-refractivity contribution in [3.05, 3.63) is 36.2 Å². The SMILES string of the molecule is CC1CCCC(NC(=O)/C=C/c2cccnc2)C1. The predicted octanol–water partition coefficient (Wildman–Crippen LogP) is 2.79. The second-order valence-corrected chi connectivity index (χ2v) is 5.10. The summed E-state index contributed by atoms with van der Waals surface area (Å²) in [6.07, 6.45) is 11.6. The maximum atomic E-state index is 11.8. The van der Waals surface area contributed by atoms with Crippen LogP contribution >= 0.6 is 0 Å². The van der Waals surface area contributed by atoms with Crippen LogP contribution in [-0.2, 0) is 4.79 Å². The van der Waals surface area contributed by atoms with Crippen LogP contribution in [0.3, 0.4) is 0 Å². The third-order valence-corrected chi connectivity index (χ3v) is 3.39. The van der Waals surface area contributed by atoms with Crippen molar-refractivity contribution < 1.29 is 4.79 Å². The number of hydrogen-bond donors (Lipinski definition) is 1. The highest BCUT2D eigenvalue weighted by molar-refractivity contribution is 5.91. The van der Waals surface area contributed by atoms with Crippen molar-refractivity contribution in [2.45, 2.75) is 38.6 Å². The molecule has 2 rings (SSSR count). The minimum absolute atomic E-state index is 0.00190. The monoisotopic (exact) mass is 244 g/mol. The first-order chi connectivity index (χ1) is 8.74. The van der Waals surface area contributed by atoms with Crippen LogP contribution in [0.1, 0.15) is 38.2 Å². The number of aromatic nitrogens is 1. The van der Waals surface area contributed by atoms with Gasteiger partial charge in [0.1, 0.15) is 0 Å². The Hall–Kier alpha value is -1.64. The van der Waals surface area contributed by atoms with E-state index in [2.05, 4.69) is 17.2 Å². The van der Waals surface area contributed by atoms with Crippen molar-refractivity contribution in [1.82, 2.24) is 10.3 Å². The molecular formula is C15H20N2O. The Morgan fingerprint density at radius 3 is 3.11 bits per heavy atom. The minimum Gasteiger partial charge on any atom is -0.350 e. The zero-order chi connectivity index (χ0) is 12.8. The number of amides is 1. The fourth-order valence-electron chi connectivity index (χ4n) is 2.46. The van der Waals surface area contributed by atoms with E-state index >= 15 is 0 Å². The maximum Gasteiger partial charge on any atom is 0.244 e. The average molecular weight is 244 g/mol. The zero-order valence-corrected chi connectivity index (χ0v) is 10.8. The summed E-state index contributed by atoms with van der Waals surface area (Å²) in [4.78, 5) is 15.8. The van der Waals surface area contributed by atoms with Gasteiger partial charge in [-0.15, -0.1) is 0 Å². The van der Waals surface area contributed by atoms with Gasteiger partial charge in [0.25, 0.3) is 0 Å². The molecule has 0 radical (unpaired) electrons. The Kier molecular flexibility index (Phi) is 4.51. The van der Waals surface area contributed by atoms with Crippen LogP contribution in [0, 0.1) is 5.92 Å². The molecule has 1 aliphatic rings. The molecule has 1 heterocycles. The van der Waals surface area contributed by atoms with E-state index in [1.807, 2.05) is 12.1 Å². The number of carbonyl (C=O) groups is 1. The molecule has 0 spiro atoms. The standard InChI is InChI=1S/C15H20N2O/c1-12-4-2-6-14(10-12)17-15(18)8-7-13-5-3-9-16-11-13/h3,5,7-9,11-12,14H,2,4,6,10H2,1H3,(H,17,18)/b8-7+. The molecule has 96 valence electrons. The highest BCUT2D eigenvalue weighted by atomic mass is 16.1. The molecule has 0 aliphatic heterocycles. The van der Waals surface area contributed by atoms with Crippen molar-refractivity contribution in [3.63, 3.8) is 0 Å². The third kappa shape index (κ3) is 3.99. The molecule has 1 N–H and O–H groups in total. The van der Waals surface area contributed by atoms with Crippen LogP contribution in [0.25, 0.3) is 6.08 Å². The lowest BCUT2D eigenvalue weighted by molar-refractivity contribution is -0.117. The van der Waals surface area contributed by atoms with E-state index < -0.39 is 0 Å². The summed E-state index contributed by atoms with van der Waals surface area (Å²) in [6.45, 7) is 2.25. The molecule has 1 amide bonds. The quantitative estimate of drug-likeness (QED) is 0.831. The fraction of sp³-hybridized carbons (Fsp3) is 0.467. The smallest absolute Gasteiger partial charge is 0.244 e. The van der Waals surface area contributed by atoms with Gasteiger partial charge in [-0.2, -0.15) is 0 Å². The van der Waals surface area contributed by atoms with Gasteiger partial charge in [-0.25, -0.2) is 0 Å². The number of nitrogens with one attached hydrogen (secondary N) is 1. The highest BCUT2D eigenvalue weighted by Gasteiger charge is 2.19. The molecule has 1 saturated carbocycles. The van der Waals surface area contributed by atoms with Gasteiger partial charge < -0.3 is 5.32 Å². The Morgan fingerprint density at radius 1 is 1.50 bits per heavy atom. The lowest BCUT2D eigenvalue weighted by atomic mass is 9.87. The Morgan fingerprint density at radius 2 is 2.39 bits per heavy atom. The number of nitrogens with zero attached hydrogens (tertiary/aromatic N) is 1. The van der Waals surface area contributed by atoms with Crippen LogP contribution in [0.5, 0.6) is 0 Å². The van der Waals surface area contributed by atoms with Gasteiger partial charge in [0.05, 0.1) is 0 Å². The first-order valence-electron chi connectivity index (χ1n) is 6.62. The van der Waals surface area contributed by atoms with Crippen LogP contribution in [0.15, 0.2) is 30.6 Å². The molecule has 0 bridgehead atoms. The van der Waals surface area contributed by atoms with Gasteiger partial charge in [0.2, 0.25) is 5.91 Å². The lowest BCUT2D eigenvalue weighted by Crippen LogP contribution is -2.36. The molecular weight excluding hydrogens is 224 g/mol. The van der Waals surface area contributed by atoms with Gasteiger partial charge in [-0.1, -0.05) is 25.8 Å². The minimum atomic E-state index is -0.00190. The molecule has 1 fully saturated rings. The summed E-state index contributed by atoms with van der Waals surface area (Å²) in [6, 6.07) is 4.14. The summed E-state index contributed by atoms with van der Waals surface area (Å²) >= 11 is 0. The van der Waals surface area contributed by atoms with Crippen LogP contribution in [0.2, 0.25) is 0 Å². The zero-order valence-electron chi connectivity index (χ0n) is 10.8. The normalized spacial score (nSPS) is 24.1. The van der Waals surface area contributed by atoms with Gasteiger partial charge in [-0.05, 0) is 36.5 Å². The summed E-state index contributed by atoms with van der Waals surface area (Å²) in [5.41, 5.74) is 0.949. The number of rotatable bonds is 3. The maximum absolute atomic E-state index is 11.8. The molecule has 2 unspecified atom stereocenters. The van der Waals surface area contributed by atoms with Gasteiger partial charge in [0, 0.05) is 24.5 Å². The number of pyridine rings is 1. The van der Waals surface area contributed by atoms with Crippen molar-refractivity contribution in [1.29, 1.82) is 0 Å². The average Bonchev–Trinajstić information content (AvgIpc) is 2.38. The van der Waals surface area contributed by atoms with E-state index in [0.29, 0.717) is 6.04 Å². The van der Waals surface area contributed by atoms with E-state index in [0.717, 1.165) is 24.3 Å². The molecule has 0 aromatic carbocycles. The van der Waals surface area contributed by atoms with Gasteiger partial charge in [-0.3, -0.25) is 9.78 Å². The van der Waals surface area contributed by atoms with E-state index in [-0.39, 0.29) is 5.91 Å². The largest absolute Gasteiger partial charge is 0.350 e. The van der Waals surface area contributed by atoms with Gasteiger partial charge in [0.15, 0.2) is 0 Å². The summed E-state index contributed by atoms with van der Waals surface area (Å²) < 4.78 is 0. The molecule has 1 aromatic rings. The first-order valence-corrected chi connectivity index (χ1v) is 6.62. The van der Waals surface area contributed by atoms with Crippen LogP contribution in [0.4, 0.5) is 0 Å². The lowest BCUT2D eigenvalue weighted by Gasteiger charge is -2.26. The van der Waals surface area contributed by atoms with Crippen molar-refractivity contribution in [3.8, 4) is 0 Å². The first kappa shape index (κ1) is 12.8. The van der Waals surface area contributed by atoms with Gasteiger partial charge >= 0.3 is 0 Å². The van der Waals surface area contributed by atoms with Crippen LogP contribution < -0.4 is 5.32 Å². The Balaban J connectivity index is 1.83. The summed E-state index contributed by atoms with van der Waals surface area (Å²) in [5.74, 6) is 0.726. The second-order valence-electron chi connectivity index (χ2n) is 5.10. The second kappa shape index (κ2) is 6.34. The molecule has 0 saturated heterocycles. The van der Waals surface area contributed by atoms with Crippen molar-refractivity contribution in [2.24, 2.45) is 5.92 Å². The van der Waals surface area contributed by atoms with Crippen molar-refractivity contribution in [2.75, 3.05) is 0 Å². The third-order valence-electron chi connectivity index (χ3n) is 3.39. The number of carbonyl (C=O) groups excluding carboxylic acids is 1. The Labute approximate surface area is 108 Å². The molecule has 3 nitrogen and oxygen atoms in total. The number of hydrogen-bond acceptors (Lipinski definition) is 2. The molecule has 1 aliphatic carbocycles. The predicted molar refractivity (Wildman–Crippen MR) is 72.8 cm³/mol. The van der Waals surface area contributed by atoms with Crippen LogP contribution in [-0.4, -0.2) is 16.9 Å². The molecule has 18 heavy (non-hydrogen) atoms. The molecule has 1 aromatic heterocycles. The molecule has 2 atom stereocenters. The van der Waals surface area contributed by atoms with Crippen molar-refractivity contribution >= 4 is 12.0 Å². The highest BCUT2D eigenvalue weighted by Crippen LogP contribution is 2.23. The van der Waals surface area contributed by atoms with E-state index in [4.69, 9.17) is 0 Å². The topological polar surface area (TPSA) is 42.0 Å². The summed E-state index contributed by atoms with van der Waals surface area (Å²) in [7, 11) is 0. The fourth-order valence-corrected chi connectivity index (χ4v) is 2.46. The summed E-state index contributed by atoms with van der Waals surface area (Å²) in [5, 5.41) is 3.07. The van der Waals surface area contributed by atoms with E-state index in [1.54, 1.807) is 24.5 Å².